The number of nitriles is 1. The van der Waals surface area contributed by atoms with E-state index in [0.29, 0.717) is 12.4 Å². The summed E-state index contributed by atoms with van der Waals surface area (Å²) in [7, 11) is 0. The second-order valence-electron chi connectivity index (χ2n) is 4.52. The summed E-state index contributed by atoms with van der Waals surface area (Å²) < 4.78 is 18.7. The summed E-state index contributed by atoms with van der Waals surface area (Å²) in [6, 6.07) is 8.75. The summed E-state index contributed by atoms with van der Waals surface area (Å²) in [5.41, 5.74) is 0. The molecule has 3 nitrogen and oxygen atoms in total. The molecule has 1 aromatic carbocycles. The van der Waals surface area contributed by atoms with Crippen molar-refractivity contribution in [1.82, 2.24) is 4.90 Å². The third kappa shape index (κ3) is 3.44. The molecule has 0 bridgehead atoms. The molecule has 1 heterocycles. The monoisotopic (exact) mass is 248 g/mol. The van der Waals surface area contributed by atoms with Crippen LogP contribution in [0.4, 0.5) is 4.39 Å². The van der Waals surface area contributed by atoms with Gasteiger partial charge in [0.2, 0.25) is 0 Å². The summed E-state index contributed by atoms with van der Waals surface area (Å²) in [5, 5.41) is 8.80. The van der Waals surface area contributed by atoms with Gasteiger partial charge in [0.1, 0.15) is 6.61 Å². The van der Waals surface area contributed by atoms with Crippen molar-refractivity contribution >= 4 is 0 Å². The minimum absolute atomic E-state index is 0.203. The first kappa shape index (κ1) is 12.8. The molecule has 1 fully saturated rings. The van der Waals surface area contributed by atoms with Gasteiger partial charge in [-0.05, 0) is 38.1 Å². The number of ether oxygens (including phenoxy) is 1. The van der Waals surface area contributed by atoms with Gasteiger partial charge < -0.3 is 4.74 Å². The lowest BCUT2D eigenvalue weighted by Crippen LogP contribution is -2.36. The second kappa shape index (κ2) is 6.36. The summed E-state index contributed by atoms with van der Waals surface area (Å²) >= 11 is 0. The van der Waals surface area contributed by atoms with Gasteiger partial charge in [0, 0.05) is 12.5 Å². The predicted octanol–water partition coefficient (Wildman–Crippen LogP) is 2.44. The average Bonchev–Trinajstić information content (AvgIpc) is 2.42. The number of likely N-dealkylation sites (tertiary alicyclic amines) is 1. The highest BCUT2D eigenvalue weighted by atomic mass is 19.1. The van der Waals surface area contributed by atoms with Crippen molar-refractivity contribution in [3.8, 4) is 11.8 Å². The van der Waals surface area contributed by atoms with Crippen LogP contribution in [0.5, 0.6) is 5.75 Å². The lowest BCUT2D eigenvalue weighted by Gasteiger charge is -2.28. The Morgan fingerprint density at radius 3 is 2.72 bits per heavy atom. The van der Waals surface area contributed by atoms with Crippen LogP contribution in [0.2, 0.25) is 0 Å². The minimum Gasteiger partial charge on any atom is -0.489 e. The van der Waals surface area contributed by atoms with E-state index < -0.39 is 0 Å². The van der Waals surface area contributed by atoms with Gasteiger partial charge in [-0.1, -0.05) is 12.1 Å². The molecule has 0 radical (unpaired) electrons. The maximum Gasteiger partial charge on any atom is 0.165 e. The van der Waals surface area contributed by atoms with Gasteiger partial charge >= 0.3 is 0 Å². The van der Waals surface area contributed by atoms with Crippen LogP contribution in [-0.2, 0) is 0 Å². The zero-order chi connectivity index (χ0) is 12.8. The lowest BCUT2D eigenvalue weighted by molar-refractivity contribution is 0.167. The van der Waals surface area contributed by atoms with E-state index in [9.17, 15) is 4.39 Å². The van der Waals surface area contributed by atoms with Crippen LogP contribution in [0, 0.1) is 23.1 Å². The molecule has 1 aromatic rings. The summed E-state index contributed by atoms with van der Waals surface area (Å²) in [6.07, 6.45) is 1.85. The summed E-state index contributed by atoms with van der Waals surface area (Å²) in [4.78, 5) is 2.26. The van der Waals surface area contributed by atoms with Crippen LogP contribution in [0.15, 0.2) is 24.3 Å². The first-order valence-corrected chi connectivity index (χ1v) is 6.29. The molecule has 0 atom stereocenters. The molecule has 96 valence electrons. The Kier molecular flexibility index (Phi) is 4.54. The fourth-order valence-corrected chi connectivity index (χ4v) is 2.13. The number of para-hydroxylation sites is 1. The number of nitrogens with zero attached hydrogens (tertiary/aromatic N) is 2. The SMILES string of the molecule is N#CC1CCN(CCOc2ccccc2F)CC1. The number of hydrogen-bond acceptors (Lipinski definition) is 3. The molecule has 1 aliphatic heterocycles. The highest BCUT2D eigenvalue weighted by molar-refractivity contribution is 5.23. The maximum atomic E-state index is 13.3. The fourth-order valence-electron chi connectivity index (χ4n) is 2.13. The number of piperidine rings is 1. The summed E-state index contributed by atoms with van der Waals surface area (Å²) in [5.74, 6) is 0.193. The normalized spacial score (nSPS) is 17.3. The number of rotatable bonds is 4. The molecule has 0 aliphatic carbocycles. The third-order valence-electron chi connectivity index (χ3n) is 3.27. The topological polar surface area (TPSA) is 36.3 Å². The van der Waals surface area contributed by atoms with E-state index in [1.807, 2.05) is 0 Å². The molecule has 0 N–H and O–H groups in total. The fraction of sp³-hybridized carbons (Fsp3) is 0.500. The summed E-state index contributed by atoms with van der Waals surface area (Å²) in [6.45, 7) is 3.13. The standard InChI is InChI=1S/C14H17FN2O/c15-13-3-1-2-4-14(13)18-10-9-17-7-5-12(11-16)6-8-17/h1-4,12H,5-10H2. The molecular weight excluding hydrogens is 231 g/mol. The molecule has 0 spiro atoms. The number of halogens is 1. The average molecular weight is 248 g/mol. The number of hydrogen-bond donors (Lipinski definition) is 0. The highest BCUT2D eigenvalue weighted by Crippen LogP contribution is 2.17. The van der Waals surface area contributed by atoms with Gasteiger partial charge in [0.25, 0.3) is 0 Å². The van der Waals surface area contributed by atoms with Crippen molar-refractivity contribution in [1.29, 1.82) is 5.26 Å². The van der Waals surface area contributed by atoms with Gasteiger partial charge in [-0.15, -0.1) is 0 Å². The molecule has 4 heteroatoms. The molecular formula is C14H17FN2O. The van der Waals surface area contributed by atoms with E-state index in [0.717, 1.165) is 32.5 Å². The van der Waals surface area contributed by atoms with Crippen LogP contribution in [0.3, 0.4) is 0 Å². The molecule has 0 saturated carbocycles. The van der Waals surface area contributed by atoms with Gasteiger partial charge in [-0.25, -0.2) is 4.39 Å². The Balaban J connectivity index is 1.71. The van der Waals surface area contributed by atoms with E-state index in [4.69, 9.17) is 10.00 Å². The van der Waals surface area contributed by atoms with Crippen LogP contribution < -0.4 is 4.74 Å². The lowest BCUT2D eigenvalue weighted by atomic mass is 9.99. The Hall–Kier alpha value is -1.60. The van der Waals surface area contributed by atoms with Crippen LogP contribution in [0.1, 0.15) is 12.8 Å². The smallest absolute Gasteiger partial charge is 0.165 e. The van der Waals surface area contributed by atoms with Crippen LogP contribution in [-0.4, -0.2) is 31.1 Å². The molecule has 2 rings (SSSR count). The molecule has 18 heavy (non-hydrogen) atoms. The van der Waals surface area contributed by atoms with E-state index in [1.165, 1.54) is 6.07 Å². The minimum atomic E-state index is -0.319. The highest BCUT2D eigenvalue weighted by Gasteiger charge is 2.18. The zero-order valence-electron chi connectivity index (χ0n) is 10.3. The Morgan fingerprint density at radius 2 is 2.06 bits per heavy atom. The first-order chi connectivity index (χ1) is 8.79. The molecule has 1 saturated heterocycles. The van der Waals surface area contributed by atoms with Crippen molar-refractivity contribution in [3.63, 3.8) is 0 Å². The maximum absolute atomic E-state index is 13.3. The van der Waals surface area contributed by atoms with Gasteiger partial charge in [0.15, 0.2) is 11.6 Å². The third-order valence-corrected chi connectivity index (χ3v) is 3.27. The van der Waals surface area contributed by atoms with Crippen molar-refractivity contribution in [2.24, 2.45) is 5.92 Å². The molecule has 0 unspecified atom stereocenters. The Bertz CT molecular complexity index is 422. The van der Waals surface area contributed by atoms with Crippen molar-refractivity contribution < 1.29 is 9.13 Å². The van der Waals surface area contributed by atoms with Crippen molar-refractivity contribution in [2.45, 2.75) is 12.8 Å². The van der Waals surface area contributed by atoms with E-state index in [1.54, 1.807) is 18.2 Å². The Labute approximate surface area is 107 Å². The zero-order valence-corrected chi connectivity index (χ0v) is 10.3. The van der Waals surface area contributed by atoms with Crippen LogP contribution in [0.25, 0.3) is 0 Å². The molecule has 0 aromatic heterocycles. The first-order valence-electron chi connectivity index (χ1n) is 6.29. The van der Waals surface area contributed by atoms with Gasteiger partial charge in [0.05, 0.1) is 6.07 Å². The molecule has 1 aliphatic rings. The predicted molar refractivity (Wildman–Crippen MR) is 66.7 cm³/mol. The van der Waals surface area contributed by atoms with Crippen molar-refractivity contribution in [2.75, 3.05) is 26.2 Å². The van der Waals surface area contributed by atoms with Crippen molar-refractivity contribution in [3.05, 3.63) is 30.1 Å². The van der Waals surface area contributed by atoms with E-state index >= 15 is 0 Å². The van der Waals surface area contributed by atoms with E-state index in [-0.39, 0.29) is 11.7 Å². The van der Waals surface area contributed by atoms with Crippen LogP contribution >= 0.6 is 0 Å². The van der Waals surface area contributed by atoms with Gasteiger partial charge in [-0.2, -0.15) is 5.26 Å². The Morgan fingerprint density at radius 1 is 1.33 bits per heavy atom. The number of benzene rings is 1. The quantitative estimate of drug-likeness (QED) is 0.821. The van der Waals surface area contributed by atoms with Gasteiger partial charge in [-0.3, -0.25) is 4.90 Å². The molecule has 0 amide bonds. The van der Waals surface area contributed by atoms with E-state index in [2.05, 4.69) is 11.0 Å². The second-order valence-corrected chi connectivity index (χ2v) is 4.52. The largest absolute Gasteiger partial charge is 0.489 e.